The first-order chi connectivity index (χ1) is 21.8. The van der Waals surface area contributed by atoms with Crippen molar-refractivity contribution in [2.24, 2.45) is 5.10 Å². The second kappa shape index (κ2) is 13.6. The maximum atomic E-state index is 13.3. The average Bonchev–Trinajstić information content (AvgIpc) is 3.45. The Morgan fingerprint density at radius 2 is 1.47 bits per heavy atom. The molecule has 0 atom stereocenters. The van der Waals surface area contributed by atoms with E-state index in [0.717, 1.165) is 5.39 Å². The number of ether oxygens (including phenoxy) is 5. The van der Waals surface area contributed by atoms with Gasteiger partial charge in [0, 0.05) is 21.5 Å². The van der Waals surface area contributed by atoms with Crippen LogP contribution in [0, 0.1) is 0 Å². The van der Waals surface area contributed by atoms with Gasteiger partial charge in [-0.15, -0.1) is 0 Å². The van der Waals surface area contributed by atoms with Crippen LogP contribution in [0.5, 0.6) is 28.7 Å². The van der Waals surface area contributed by atoms with Gasteiger partial charge in [0.25, 0.3) is 5.91 Å². The van der Waals surface area contributed by atoms with E-state index in [4.69, 9.17) is 46.9 Å². The highest BCUT2D eigenvalue weighted by Crippen LogP contribution is 2.40. The van der Waals surface area contributed by atoms with Crippen LogP contribution in [-0.4, -0.2) is 51.5 Å². The predicted molar refractivity (Wildman–Crippen MR) is 173 cm³/mol. The first kappa shape index (κ1) is 31.2. The van der Waals surface area contributed by atoms with Crippen molar-refractivity contribution in [3.05, 3.63) is 99.7 Å². The molecule has 1 heterocycles. The summed E-state index contributed by atoms with van der Waals surface area (Å²) in [6, 6.07) is 20.4. The summed E-state index contributed by atoms with van der Waals surface area (Å²) in [6.07, 6.45) is 1.43. The van der Waals surface area contributed by atoms with Crippen molar-refractivity contribution in [2.75, 3.05) is 28.4 Å². The molecule has 0 saturated heterocycles. The molecule has 0 saturated carbocycles. The number of methoxy groups -OCH3 is 4. The number of hydrogen-bond donors (Lipinski definition) is 2. The van der Waals surface area contributed by atoms with Gasteiger partial charge in [-0.05, 0) is 48.0 Å². The van der Waals surface area contributed by atoms with E-state index in [1.165, 1.54) is 46.8 Å². The normalized spacial score (nSPS) is 11.0. The highest BCUT2D eigenvalue weighted by atomic mass is 35.5. The Hall–Kier alpha value is -5.19. The number of hydrogen-bond acceptors (Lipinski definition) is 8. The number of H-pyrrole nitrogens is 1. The molecular formula is C33H27Cl2N3O7. The summed E-state index contributed by atoms with van der Waals surface area (Å²) in [5.41, 5.74) is 5.40. The molecular weight excluding hydrogens is 621 g/mol. The van der Waals surface area contributed by atoms with Gasteiger partial charge in [0.1, 0.15) is 5.69 Å². The third kappa shape index (κ3) is 6.38. The smallest absolute Gasteiger partial charge is 0.343 e. The van der Waals surface area contributed by atoms with E-state index in [0.29, 0.717) is 49.5 Å². The number of carbonyl (C=O) groups excluding carboxylic acids is 2. The van der Waals surface area contributed by atoms with Gasteiger partial charge in [-0.1, -0.05) is 53.5 Å². The number of rotatable bonds is 10. The number of para-hydroxylation sites is 1. The van der Waals surface area contributed by atoms with Crippen molar-refractivity contribution in [1.29, 1.82) is 0 Å². The highest BCUT2D eigenvalue weighted by Gasteiger charge is 2.22. The molecule has 0 aliphatic rings. The lowest BCUT2D eigenvalue weighted by atomic mass is 10.0. The Labute approximate surface area is 268 Å². The van der Waals surface area contributed by atoms with E-state index in [-0.39, 0.29) is 22.8 Å². The van der Waals surface area contributed by atoms with Gasteiger partial charge in [0.2, 0.25) is 5.75 Å². The van der Waals surface area contributed by atoms with Crippen LogP contribution in [0.3, 0.4) is 0 Å². The van der Waals surface area contributed by atoms with Gasteiger partial charge in [-0.3, -0.25) is 4.79 Å². The highest BCUT2D eigenvalue weighted by molar-refractivity contribution is 6.37. The van der Waals surface area contributed by atoms with Crippen molar-refractivity contribution in [2.45, 2.75) is 0 Å². The molecule has 0 fully saturated rings. The van der Waals surface area contributed by atoms with Crippen molar-refractivity contribution >= 4 is 52.2 Å². The second-order valence-corrected chi connectivity index (χ2v) is 10.2. The minimum absolute atomic E-state index is 0.164. The molecule has 10 nitrogen and oxygen atoms in total. The summed E-state index contributed by atoms with van der Waals surface area (Å²) in [5, 5.41) is 5.80. The summed E-state index contributed by atoms with van der Waals surface area (Å²) >= 11 is 12.9. The first-order valence-corrected chi connectivity index (χ1v) is 14.1. The van der Waals surface area contributed by atoms with Crippen LogP contribution < -0.4 is 29.1 Å². The van der Waals surface area contributed by atoms with Crippen LogP contribution in [-0.2, 0) is 0 Å². The zero-order chi connectivity index (χ0) is 32.1. The summed E-state index contributed by atoms with van der Waals surface area (Å²) in [7, 11) is 5.80. The van der Waals surface area contributed by atoms with Crippen LogP contribution in [0.4, 0.5) is 0 Å². The maximum absolute atomic E-state index is 13.3. The quantitative estimate of drug-likeness (QED) is 0.0714. The van der Waals surface area contributed by atoms with Crippen LogP contribution in [0.25, 0.3) is 22.0 Å². The first-order valence-electron chi connectivity index (χ1n) is 13.4. The van der Waals surface area contributed by atoms with E-state index in [1.54, 1.807) is 36.4 Å². The molecule has 0 aliphatic heterocycles. The molecule has 0 aliphatic carbocycles. The number of halogens is 2. The van der Waals surface area contributed by atoms with E-state index in [1.807, 2.05) is 24.3 Å². The van der Waals surface area contributed by atoms with Crippen LogP contribution >= 0.6 is 23.2 Å². The number of aromatic amines is 1. The molecule has 45 heavy (non-hydrogen) atoms. The lowest BCUT2D eigenvalue weighted by molar-refractivity contribution is 0.0728. The van der Waals surface area contributed by atoms with E-state index in [2.05, 4.69) is 15.5 Å². The van der Waals surface area contributed by atoms with Gasteiger partial charge < -0.3 is 28.7 Å². The van der Waals surface area contributed by atoms with Gasteiger partial charge in [-0.25, -0.2) is 10.2 Å². The number of amides is 1. The van der Waals surface area contributed by atoms with Crippen molar-refractivity contribution < 1.29 is 33.3 Å². The standard InChI is InChI=1S/C33H27Cl2N3O7/c1-41-25-14-18(12-13-24(25)45-33(40)19-15-26(42-2)31(44-4)27(16-19)43-3)17-36-38-32(39)30-28(20-8-5-6-10-22(20)34)21-9-7-11-23(35)29(21)37-30/h5-17,37H,1-4H3,(H,38,39). The minimum atomic E-state index is -0.672. The Bertz CT molecular complexity index is 1910. The molecule has 2 N–H and O–H groups in total. The SMILES string of the molecule is COc1cc(C=NNC(=O)c2[nH]c3c(Cl)cccc3c2-c2ccccc2Cl)ccc1OC(=O)c1cc(OC)c(OC)c(OC)c1. The lowest BCUT2D eigenvalue weighted by Crippen LogP contribution is -2.19. The fraction of sp³-hybridized carbons (Fsp3) is 0.121. The van der Waals surface area contributed by atoms with E-state index < -0.39 is 11.9 Å². The van der Waals surface area contributed by atoms with Gasteiger partial charge in [0.05, 0.1) is 50.8 Å². The topological polar surface area (TPSA) is 120 Å². The number of nitrogens with zero attached hydrogens (tertiary/aromatic N) is 1. The monoisotopic (exact) mass is 647 g/mol. The fourth-order valence-electron chi connectivity index (χ4n) is 4.72. The minimum Gasteiger partial charge on any atom is -0.493 e. The van der Waals surface area contributed by atoms with Crippen LogP contribution in [0.2, 0.25) is 10.0 Å². The molecule has 12 heteroatoms. The van der Waals surface area contributed by atoms with Crippen molar-refractivity contribution in [1.82, 2.24) is 10.4 Å². The summed E-state index contributed by atoms with van der Waals surface area (Å²) < 4.78 is 27.0. The number of hydrazone groups is 1. The summed E-state index contributed by atoms with van der Waals surface area (Å²) in [4.78, 5) is 29.5. The molecule has 0 unspecified atom stereocenters. The van der Waals surface area contributed by atoms with Gasteiger partial charge in [-0.2, -0.15) is 5.10 Å². The predicted octanol–water partition coefficient (Wildman–Crippen LogP) is 7.16. The third-order valence-electron chi connectivity index (χ3n) is 6.82. The number of fused-ring (bicyclic) bond motifs is 1. The Kier molecular flexibility index (Phi) is 9.46. The van der Waals surface area contributed by atoms with Crippen molar-refractivity contribution in [3.63, 3.8) is 0 Å². The Morgan fingerprint density at radius 1 is 0.778 bits per heavy atom. The average molecular weight is 648 g/mol. The number of nitrogens with one attached hydrogen (secondary N) is 2. The van der Waals surface area contributed by atoms with E-state index >= 15 is 0 Å². The number of carbonyl (C=O) groups is 2. The van der Waals surface area contributed by atoms with Gasteiger partial charge in [0.15, 0.2) is 23.0 Å². The molecule has 230 valence electrons. The molecule has 0 bridgehead atoms. The molecule has 4 aromatic carbocycles. The molecule has 1 aromatic heterocycles. The summed E-state index contributed by atoms with van der Waals surface area (Å²) in [5.74, 6) is 0.204. The molecule has 0 radical (unpaired) electrons. The zero-order valence-corrected chi connectivity index (χ0v) is 26.1. The largest absolute Gasteiger partial charge is 0.493 e. The Balaban J connectivity index is 1.36. The summed E-state index contributed by atoms with van der Waals surface area (Å²) in [6.45, 7) is 0. The fourth-order valence-corrected chi connectivity index (χ4v) is 5.18. The molecule has 1 amide bonds. The number of aromatic nitrogens is 1. The maximum Gasteiger partial charge on any atom is 0.343 e. The third-order valence-corrected chi connectivity index (χ3v) is 7.47. The van der Waals surface area contributed by atoms with Crippen LogP contribution in [0.1, 0.15) is 26.4 Å². The van der Waals surface area contributed by atoms with Crippen LogP contribution in [0.15, 0.2) is 77.9 Å². The zero-order valence-electron chi connectivity index (χ0n) is 24.6. The molecule has 5 aromatic rings. The molecule has 0 spiro atoms. The number of benzene rings is 4. The van der Waals surface area contributed by atoms with Crippen molar-refractivity contribution in [3.8, 4) is 39.9 Å². The number of esters is 1. The van der Waals surface area contributed by atoms with Gasteiger partial charge >= 0.3 is 5.97 Å². The van der Waals surface area contributed by atoms with E-state index in [9.17, 15) is 9.59 Å². The second-order valence-electron chi connectivity index (χ2n) is 9.43. The molecule has 5 rings (SSSR count). The Morgan fingerprint density at radius 3 is 2.13 bits per heavy atom. The lowest BCUT2D eigenvalue weighted by Gasteiger charge is -2.14.